The van der Waals surface area contributed by atoms with Crippen LogP contribution in [0.1, 0.15) is 25.8 Å². The zero-order chi connectivity index (χ0) is 18.0. The molecule has 7 heteroatoms. The molecule has 0 saturated heterocycles. The van der Waals surface area contributed by atoms with Crippen molar-refractivity contribution in [1.82, 2.24) is 14.0 Å². The molecule has 25 heavy (non-hydrogen) atoms. The second-order valence-electron chi connectivity index (χ2n) is 6.03. The Kier molecular flexibility index (Phi) is 4.63. The number of fused-ring (bicyclic) bond motifs is 2. The summed E-state index contributed by atoms with van der Waals surface area (Å²) < 4.78 is 8.60. The van der Waals surface area contributed by atoms with Crippen LogP contribution < -0.4 is 11.0 Å². The summed E-state index contributed by atoms with van der Waals surface area (Å²) in [6.45, 7) is 4.91. The number of nitriles is 1. The van der Waals surface area contributed by atoms with E-state index in [1.165, 1.54) is 10.5 Å². The van der Waals surface area contributed by atoms with Crippen molar-refractivity contribution >= 4 is 16.7 Å². The van der Waals surface area contributed by atoms with Gasteiger partial charge in [0.25, 0.3) is 5.56 Å². The Labute approximate surface area is 144 Å². The van der Waals surface area contributed by atoms with E-state index in [4.69, 9.17) is 10.1 Å². The highest BCUT2D eigenvalue weighted by atomic mass is 16.5. The van der Waals surface area contributed by atoms with Crippen molar-refractivity contribution in [2.24, 2.45) is 0 Å². The molecule has 3 aromatic rings. The number of aromatic nitrogens is 3. The van der Waals surface area contributed by atoms with Gasteiger partial charge in [0.05, 0.1) is 17.1 Å². The molecule has 7 nitrogen and oxygen atoms in total. The third kappa shape index (κ3) is 3.16. The molecule has 0 aliphatic heterocycles. The molecule has 0 saturated carbocycles. The van der Waals surface area contributed by atoms with Crippen molar-refractivity contribution in [3.8, 4) is 6.07 Å². The van der Waals surface area contributed by atoms with E-state index in [0.29, 0.717) is 36.3 Å². The molecule has 3 rings (SSSR count). The van der Waals surface area contributed by atoms with Crippen LogP contribution in [0.25, 0.3) is 16.7 Å². The molecule has 3 heterocycles. The highest BCUT2D eigenvalue weighted by molar-refractivity contribution is 5.77. The lowest BCUT2D eigenvalue weighted by atomic mass is 10.2. The van der Waals surface area contributed by atoms with Gasteiger partial charge in [-0.1, -0.05) is 6.07 Å². The van der Waals surface area contributed by atoms with E-state index in [9.17, 15) is 10.1 Å². The minimum Gasteiger partial charge on any atom is -0.379 e. The molecule has 0 unspecified atom stereocenters. The van der Waals surface area contributed by atoms with E-state index in [-0.39, 0.29) is 22.7 Å². The van der Waals surface area contributed by atoms with Crippen LogP contribution in [0, 0.1) is 16.7 Å². The number of hydrogen-bond acceptors (Lipinski definition) is 5. The van der Waals surface area contributed by atoms with Crippen molar-refractivity contribution in [3.05, 3.63) is 51.9 Å². The highest BCUT2D eigenvalue weighted by Crippen LogP contribution is 2.10. The van der Waals surface area contributed by atoms with E-state index in [1.807, 2.05) is 19.9 Å². The van der Waals surface area contributed by atoms with Crippen molar-refractivity contribution in [2.75, 3.05) is 6.61 Å². The molecule has 0 amide bonds. The zero-order valence-corrected chi connectivity index (χ0v) is 14.2. The lowest BCUT2D eigenvalue weighted by Crippen LogP contribution is -2.28. The molecule has 0 aromatic carbocycles. The van der Waals surface area contributed by atoms with E-state index in [0.717, 1.165) is 0 Å². The number of pyridine rings is 2. The van der Waals surface area contributed by atoms with Gasteiger partial charge in [-0.15, -0.1) is 0 Å². The molecular weight excluding hydrogens is 318 g/mol. The van der Waals surface area contributed by atoms with Crippen molar-refractivity contribution in [3.63, 3.8) is 0 Å². The number of nitrogens with one attached hydrogen (secondary N) is 1. The largest absolute Gasteiger partial charge is 0.379 e. The van der Waals surface area contributed by atoms with Crippen LogP contribution in [0.3, 0.4) is 0 Å². The summed E-state index contributed by atoms with van der Waals surface area (Å²) in [6, 6.07) is 8.75. The van der Waals surface area contributed by atoms with Crippen molar-refractivity contribution in [2.45, 2.75) is 32.9 Å². The summed E-state index contributed by atoms with van der Waals surface area (Å²) in [5.41, 5.74) is 0.907. The Morgan fingerprint density at radius 2 is 2.20 bits per heavy atom. The molecule has 0 atom stereocenters. The van der Waals surface area contributed by atoms with Gasteiger partial charge in [0, 0.05) is 19.3 Å². The summed E-state index contributed by atoms with van der Waals surface area (Å²) in [4.78, 5) is 17.3. The van der Waals surface area contributed by atoms with Crippen LogP contribution in [-0.2, 0) is 11.3 Å². The molecule has 0 spiro atoms. The predicted octanol–water partition coefficient (Wildman–Crippen LogP) is 1.82. The number of hydrogen-bond donors (Lipinski definition) is 1. The molecule has 1 N–H and O–H groups in total. The topological polar surface area (TPSA) is 96.2 Å². The van der Waals surface area contributed by atoms with Gasteiger partial charge in [-0.05, 0) is 38.5 Å². The van der Waals surface area contributed by atoms with E-state index in [1.54, 1.807) is 29.0 Å². The van der Waals surface area contributed by atoms with Crippen LogP contribution in [0.4, 0.5) is 0 Å². The molecule has 0 bridgehead atoms. The monoisotopic (exact) mass is 337 g/mol. The van der Waals surface area contributed by atoms with Crippen LogP contribution in [-0.4, -0.2) is 26.7 Å². The SMILES string of the molecule is CC(C)OCCCn1c(=N)c(C#N)cc2c(=O)n3ccccc3nc21. The van der Waals surface area contributed by atoms with Crippen LogP contribution in [0.15, 0.2) is 35.3 Å². The van der Waals surface area contributed by atoms with E-state index < -0.39 is 0 Å². The first-order valence-corrected chi connectivity index (χ1v) is 8.14. The van der Waals surface area contributed by atoms with Gasteiger partial charge in [0.1, 0.15) is 22.9 Å². The van der Waals surface area contributed by atoms with E-state index >= 15 is 0 Å². The second-order valence-corrected chi connectivity index (χ2v) is 6.03. The van der Waals surface area contributed by atoms with E-state index in [2.05, 4.69) is 4.98 Å². The standard InChI is InChI=1S/C18H19N5O2/c1-12(2)25-9-5-8-23-16(20)13(11-19)10-14-17(23)21-15-6-3-4-7-22(15)18(14)24/h3-4,6-7,10,12,20H,5,8-9H2,1-2H3. The van der Waals surface area contributed by atoms with Gasteiger partial charge in [-0.2, -0.15) is 5.26 Å². The Morgan fingerprint density at radius 1 is 1.40 bits per heavy atom. The molecule has 0 radical (unpaired) electrons. The van der Waals surface area contributed by atoms with Crippen molar-refractivity contribution < 1.29 is 4.74 Å². The summed E-state index contributed by atoms with van der Waals surface area (Å²) in [7, 11) is 0. The third-order valence-electron chi connectivity index (χ3n) is 3.92. The zero-order valence-electron chi connectivity index (χ0n) is 14.2. The van der Waals surface area contributed by atoms with Crippen LogP contribution in [0.2, 0.25) is 0 Å². The van der Waals surface area contributed by atoms with Gasteiger partial charge in [-0.25, -0.2) is 4.98 Å². The highest BCUT2D eigenvalue weighted by Gasteiger charge is 2.13. The minimum absolute atomic E-state index is 0.0618. The van der Waals surface area contributed by atoms with Crippen molar-refractivity contribution in [1.29, 1.82) is 10.7 Å². The fraction of sp³-hybridized carbons (Fsp3) is 0.333. The Bertz CT molecular complexity index is 1090. The third-order valence-corrected chi connectivity index (χ3v) is 3.92. The van der Waals surface area contributed by atoms with Gasteiger partial charge < -0.3 is 9.30 Å². The Balaban J connectivity index is 2.19. The van der Waals surface area contributed by atoms with Gasteiger partial charge in [0.2, 0.25) is 0 Å². The first kappa shape index (κ1) is 16.9. The number of ether oxygens (including phenoxy) is 1. The summed E-state index contributed by atoms with van der Waals surface area (Å²) in [6.07, 6.45) is 2.44. The lowest BCUT2D eigenvalue weighted by Gasteiger charge is -2.13. The second kappa shape index (κ2) is 6.87. The smallest absolute Gasteiger partial charge is 0.267 e. The first-order valence-electron chi connectivity index (χ1n) is 8.14. The predicted molar refractivity (Wildman–Crippen MR) is 93.2 cm³/mol. The Morgan fingerprint density at radius 3 is 2.92 bits per heavy atom. The van der Waals surface area contributed by atoms with Gasteiger partial charge in [0.15, 0.2) is 0 Å². The normalized spacial score (nSPS) is 11.3. The number of aryl methyl sites for hydroxylation is 1. The summed E-state index contributed by atoms with van der Waals surface area (Å²) >= 11 is 0. The summed E-state index contributed by atoms with van der Waals surface area (Å²) in [5.74, 6) is 0. The maximum atomic E-state index is 12.8. The molecule has 128 valence electrons. The lowest BCUT2D eigenvalue weighted by molar-refractivity contribution is 0.0748. The molecular formula is C18H19N5O2. The van der Waals surface area contributed by atoms with Gasteiger partial charge in [-0.3, -0.25) is 14.6 Å². The first-order chi connectivity index (χ1) is 12.0. The molecule has 0 aliphatic rings. The average Bonchev–Trinajstić information content (AvgIpc) is 2.60. The average molecular weight is 337 g/mol. The number of rotatable bonds is 5. The molecule has 3 aromatic heterocycles. The fourth-order valence-electron chi connectivity index (χ4n) is 2.73. The van der Waals surface area contributed by atoms with Crippen LogP contribution >= 0.6 is 0 Å². The molecule has 0 aliphatic carbocycles. The fourth-order valence-corrected chi connectivity index (χ4v) is 2.73. The number of nitrogens with zero attached hydrogens (tertiary/aromatic N) is 4. The minimum atomic E-state index is -0.246. The quantitative estimate of drug-likeness (QED) is 0.567. The van der Waals surface area contributed by atoms with Gasteiger partial charge >= 0.3 is 0 Å². The maximum Gasteiger partial charge on any atom is 0.267 e. The van der Waals surface area contributed by atoms with Crippen LogP contribution in [0.5, 0.6) is 0 Å². The summed E-state index contributed by atoms with van der Waals surface area (Å²) in [5, 5.41) is 17.9. The molecule has 0 fully saturated rings. The Hall–Kier alpha value is -2.98. The maximum absolute atomic E-state index is 12.8.